The zero-order valence-corrected chi connectivity index (χ0v) is 17.5. The third-order valence-corrected chi connectivity index (χ3v) is 5.99. The molecule has 8 nitrogen and oxygen atoms in total. The number of nitrogens with one attached hydrogen (secondary N) is 1. The van der Waals surface area contributed by atoms with Crippen molar-refractivity contribution < 1.29 is 8.42 Å². The van der Waals surface area contributed by atoms with Gasteiger partial charge in [-0.15, -0.1) is 0 Å². The average molecular weight is 425 g/mol. The van der Waals surface area contributed by atoms with Crippen LogP contribution in [0, 0.1) is 6.92 Å². The van der Waals surface area contributed by atoms with Crippen molar-refractivity contribution in [1.82, 2.24) is 9.78 Å². The van der Waals surface area contributed by atoms with Gasteiger partial charge in [0.1, 0.15) is 5.82 Å². The Hall–Kier alpha value is -3.17. The fourth-order valence-electron chi connectivity index (χ4n) is 3.55. The maximum absolute atomic E-state index is 11.4. The van der Waals surface area contributed by atoms with Gasteiger partial charge in [-0.05, 0) is 56.2 Å². The van der Waals surface area contributed by atoms with Gasteiger partial charge in [-0.3, -0.25) is 5.43 Å². The number of sulfonamides is 1. The summed E-state index contributed by atoms with van der Waals surface area (Å²) in [4.78, 5) is 2.41. The first-order valence-corrected chi connectivity index (χ1v) is 11.3. The van der Waals surface area contributed by atoms with Gasteiger partial charge in [-0.1, -0.05) is 18.2 Å². The van der Waals surface area contributed by atoms with Crippen LogP contribution in [0.2, 0.25) is 0 Å². The summed E-state index contributed by atoms with van der Waals surface area (Å²) < 4.78 is 24.7. The number of hydrogen-bond donors (Lipinski definition) is 2. The molecule has 0 radical (unpaired) electrons. The van der Waals surface area contributed by atoms with Gasteiger partial charge in [-0.2, -0.15) is 10.2 Å². The van der Waals surface area contributed by atoms with E-state index in [2.05, 4.69) is 15.4 Å². The number of nitrogens with two attached hydrogens (primary N) is 1. The highest BCUT2D eigenvalue weighted by Crippen LogP contribution is 2.29. The van der Waals surface area contributed by atoms with Gasteiger partial charge >= 0.3 is 0 Å². The molecular weight excluding hydrogens is 400 g/mol. The number of aryl methyl sites for hydroxylation is 1. The quantitative estimate of drug-likeness (QED) is 0.468. The molecule has 0 aliphatic carbocycles. The van der Waals surface area contributed by atoms with Gasteiger partial charge in [-0.25, -0.2) is 18.2 Å². The Kier molecular flexibility index (Phi) is 5.56. The van der Waals surface area contributed by atoms with Crippen LogP contribution >= 0.6 is 0 Å². The van der Waals surface area contributed by atoms with E-state index < -0.39 is 10.0 Å². The molecular formula is C21H24N6O2S. The zero-order valence-electron chi connectivity index (χ0n) is 16.7. The number of benzene rings is 2. The smallest absolute Gasteiger partial charge is 0.238 e. The number of rotatable bonds is 6. The summed E-state index contributed by atoms with van der Waals surface area (Å²) in [6, 6.07) is 16.2. The molecule has 0 spiro atoms. The number of para-hydroxylation sites is 1. The summed E-state index contributed by atoms with van der Waals surface area (Å²) in [6.07, 6.45) is 4.08. The predicted molar refractivity (Wildman–Crippen MR) is 119 cm³/mol. The minimum Gasteiger partial charge on any atom is -0.356 e. The molecule has 0 saturated carbocycles. The number of hydrogen-bond acceptors (Lipinski definition) is 6. The molecule has 0 amide bonds. The lowest BCUT2D eigenvalue weighted by Crippen LogP contribution is -2.22. The van der Waals surface area contributed by atoms with Crippen LogP contribution in [0.15, 0.2) is 64.6 Å². The van der Waals surface area contributed by atoms with Crippen LogP contribution < -0.4 is 15.5 Å². The second-order valence-electron chi connectivity index (χ2n) is 7.20. The van der Waals surface area contributed by atoms with Crippen molar-refractivity contribution in [2.75, 3.05) is 23.4 Å². The Morgan fingerprint density at radius 2 is 1.73 bits per heavy atom. The molecule has 156 valence electrons. The normalized spacial score (nSPS) is 14.5. The second kappa shape index (κ2) is 8.29. The first-order chi connectivity index (χ1) is 14.4. The van der Waals surface area contributed by atoms with Gasteiger partial charge < -0.3 is 4.90 Å². The van der Waals surface area contributed by atoms with E-state index in [1.807, 2.05) is 41.9 Å². The first kappa shape index (κ1) is 20.1. The molecule has 0 atom stereocenters. The molecule has 1 aromatic heterocycles. The van der Waals surface area contributed by atoms with Crippen molar-refractivity contribution in [1.29, 1.82) is 0 Å². The molecule has 0 bridgehead atoms. The van der Waals surface area contributed by atoms with Crippen molar-refractivity contribution in [3.63, 3.8) is 0 Å². The van der Waals surface area contributed by atoms with Crippen molar-refractivity contribution >= 4 is 27.7 Å². The van der Waals surface area contributed by atoms with E-state index in [0.29, 0.717) is 5.69 Å². The number of hydrazone groups is 1. The third kappa shape index (κ3) is 4.22. The highest BCUT2D eigenvalue weighted by molar-refractivity contribution is 7.89. The van der Waals surface area contributed by atoms with E-state index in [0.717, 1.165) is 48.7 Å². The van der Waals surface area contributed by atoms with E-state index in [-0.39, 0.29) is 4.90 Å². The first-order valence-electron chi connectivity index (χ1n) is 9.75. The molecule has 0 unspecified atom stereocenters. The Morgan fingerprint density at radius 1 is 1.07 bits per heavy atom. The van der Waals surface area contributed by atoms with Crippen LogP contribution in [0.25, 0.3) is 5.69 Å². The lowest BCUT2D eigenvalue weighted by molar-refractivity contribution is 0.598. The molecule has 1 aliphatic heterocycles. The Balaban J connectivity index is 1.63. The second-order valence-corrected chi connectivity index (χ2v) is 8.77. The third-order valence-electron chi connectivity index (χ3n) is 5.06. The number of primary sulfonamides is 1. The van der Waals surface area contributed by atoms with Crippen molar-refractivity contribution in [3.05, 3.63) is 65.9 Å². The highest BCUT2D eigenvalue weighted by Gasteiger charge is 2.23. The molecule has 3 N–H and O–H groups in total. The lowest BCUT2D eigenvalue weighted by atomic mass is 10.2. The summed E-state index contributed by atoms with van der Waals surface area (Å²) in [6.45, 7) is 3.95. The summed E-state index contributed by atoms with van der Waals surface area (Å²) in [5.74, 6) is 1.03. The lowest BCUT2D eigenvalue weighted by Gasteiger charge is -2.20. The van der Waals surface area contributed by atoms with Gasteiger partial charge in [0.2, 0.25) is 10.0 Å². The summed E-state index contributed by atoms with van der Waals surface area (Å²) in [7, 11) is -3.71. The number of nitrogens with zero attached hydrogens (tertiary/aromatic N) is 4. The molecule has 1 saturated heterocycles. The Bertz CT molecular complexity index is 1150. The summed E-state index contributed by atoms with van der Waals surface area (Å²) in [5.41, 5.74) is 6.45. The highest BCUT2D eigenvalue weighted by atomic mass is 32.2. The van der Waals surface area contributed by atoms with Gasteiger partial charge in [0.05, 0.1) is 33.7 Å². The van der Waals surface area contributed by atoms with Crippen LogP contribution in [0.1, 0.15) is 24.1 Å². The maximum atomic E-state index is 11.4. The van der Waals surface area contributed by atoms with Gasteiger partial charge in [0, 0.05) is 13.1 Å². The Labute approximate surface area is 176 Å². The van der Waals surface area contributed by atoms with Gasteiger partial charge in [0.15, 0.2) is 0 Å². The van der Waals surface area contributed by atoms with Crippen LogP contribution in [-0.2, 0) is 10.0 Å². The Morgan fingerprint density at radius 3 is 2.37 bits per heavy atom. The molecule has 3 aromatic rings. The summed E-state index contributed by atoms with van der Waals surface area (Å²) in [5, 5.41) is 14.3. The predicted octanol–water partition coefficient (Wildman–Crippen LogP) is 2.87. The molecule has 9 heteroatoms. The fraction of sp³-hybridized carbons (Fsp3) is 0.238. The van der Waals surface area contributed by atoms with E-state index in [1.165, 1.54) is 12.1 Å². The standard InChI is InChI=1S/C21H24N6O2S/c1-16-20(15-23-24-17-9-11-19(12-10-17)30(22,28)29)21(26-13-5-6-14-26)27(25-16)18-7-3-2-4-8-18/h2-4,7-12,15,24H,5-6,13-14H2,1H3,(H2,22,28,29)/b23-15+. The molecule has 2 aromatic carbocycles. The minimum absolute atomic E-state index is 0.0633. The zero-order chi connectivity index (χ0) is 21.1. The van der Waals surface area contributed by atoms with Crippen molar-refractivity contribution in [2.45, 2.75) is 24.7 Å². The molecule has 2 heterocycles. The molecule has 30 heavy (non-hydrogen) atoms. The topological polar surface area (TPSA) is 106 Å². The SMILES string of the molecule is Cc1nn(-c2ccccc2)c(N2CCCC2)c1/C=N/Nc1ccc(S(N)(=O)=O)cc1. The molecule has 1 aliphatic rings. The average Bonchev–Trinajstić information content (AvgIpc) is 3.37. The van der Waals surface area contributed by atoms with E-state index in [9.17, 15) is 8.42 Å². The maximum Gasteiger partial charge on any atom is 0.238 e. The van der Waals surface area contributed by atoms with Crippen molar-refractivity contribution in [2.24, 2.45) is 10.2 Å². The van der Waals surface area contributed by atoms with Gasteiger partial charge in [0.25, 0.3) is 0 Å². The van der Waals surface area contributed by atoms with E-state index >= 15 is 0 Å². The van der Waals surface area contributed by atoms with E-state index in [1.54, 1.807) is 18.3 Å². The number of aromatic nitrogens is 2. The fourth-order valence-corrected chi connectivity index (χ4v) is 4.07. The van der Waals surface area contributed by atoms with Crippen LogP contribution in [0.5, 0.6) is 0 Å². The number of anilines is 2. The largest absolute Gasteiger partial charge is 0.356 e. The molecule has 4 rings (SSSR count). The van der Waals surface area contributed by atoms with Crippen LogP contribution in [0.4, 0.5) is 11.5 Å². The monoisotopic (exact) mass is 424 g/mol. The van der Waals surface area contributed by atoms with E-state index in [4.69, 9.17) is 10.2 Å². The van der Waals surface area contributed by atoms with Crippen molar-refractivity contribution in [3.8, 4) is 5.69 Å². The van der Waals surface area contributed by atoms with Crippen LogP contribution in [-0.4, -0.2) is 37.5 Å². The molecule has 1 fully saturated rings. The minimum atomic E-state index is -3.71. The van der Waals surface area contributed by atoms with Crippen LogP contribution in [0.3, 0.4) is 0 Å². The summed E-state index contributed by atoms with van der Waals surface area (Å²) >= 11 is 0.